The Kier molecular flexibility index (Phi) is 2.35. The van der Waals surface area contributed by atoms with Crippen LogP contribution in [-0.2, 0) is 9.47 Å². The van der Waals surface area contributed by atoms with Crippen LogP contribution >= 0.6 is 0 Å². The van der Waals surface area contributed by atoms with Crippen LogP contribution < -0.4 is 0 Å². The molecular weight excluding hydrogens is 180 g/mol. The van der Waals surface area contributed by atoms with Crippen LogP contribution in [0.2, 0.25) is 0 Å². The van der Waals surface area contributed by atoms with Crippen LogP contribution in [-0.4, -0.2) is 20.5 Å². The van der Waals surface area contributed by atoms with E-state index in [1.807, 2.05) is 12.1 Å². The zero-order chi connectivity index (χ0) is 10.1. The number of hydrogen-bond acceptors (Lipinski definition) is 3. The molecule has 0 spiro atoms. The Morgan fingerprint density at radius 3 is 2.36 bits per heavy atom. The molecular formula is C11H12O3. The monoisotopic (exact) mass is 192 g/mol. The molecule has 74 valence electrons. The molecule has 0 bridgehead atoms. The topological polar surface area (TPSA) is 35.5 Å². The van der Waals surface area contributed by atoms with Crippen LogP contribution in [0.1, 0.15) is 33.7 Å². The number of carbonyl (C=O) groups is 1. The highest BCUT2D eigenvalue weighted by Gasteiger charge is 2.38. The first-order chi connectivity index (χ1) is 6.81. The highest BCUT2D eigenvalue weighted by molar-refractivity contribution is 5.76. The third-order valence-electron chi connectivity index (χ3n) is 2.64. The molecule has 1 aliphatic carbocycles. The van der Waals surface area contributed by atoms with Gasteiger partial charge in [0.1, 0.15) is 18.5 Å². The van der Waals surface area contributed by atoms with E-state index >= 15 is 0 Å². The summed E-state index contributed by atoms with van der Waals surface area (Å²) in [4.78, 5) is 10.6. The molecule has 2 atom stereocenters. The first kappa shape index (κ1) is 9.37. The van der Waals surface area contributed by atoms with Crippen molar-refractivity contribution < 1.29 is 14.3 Å². The number of ether oxygens (including phenoxy) is 2. The van der Waals surface area contributed by atoms with Crippen LogP contribution in [0.3, 0.4) is 0 Å². The summed E-state index contributed by atoms with van der Waals surface area (Å²) >= 11 is 0. The fraction of sp³-hybridized carbons (Fsp3) is 0.364. The second-order valence-electron chi connectivity index (χ2n) is 3.32. The Morgan fingerprint density at radius 2 is 1.79 bits per heavy atom. The summed E-state index contributed by atoms with van der Waals surface area (Å²) in [6.07, 6.45) is 0.818. The zero-order valence-corrected chi connectivity index (χ0v) is 8.19. The summed E-state index contributed by atoms with van der Waals surface area (Å²) in [6.45, 7) is 0. The molecule has 0 amide bonds. The van der Waals surface area contributed by atoms with Crippen molar-refractivity contribution in [2.45, 2.75) is 12.2 Å². The van der Waals surface area contributed by atoms with Gasteiger partial charge in [0.2, 0.25) is 0 Å². The van der Waals surface area contributed by atoms with Crippen molar-refractivity contribution in [3.8, 4) is 0 Å². The minimum absolute atomic E-state index is 0.00991. The van der Waals surface area contributed by atoms with Crippen molar-refractivity contribution in [3.63, 3.8) is 0 Å². The summed E-state index contributed by atoms with van der Waals surface area (Å²) in [7, 11) is 3.31. The second kappa shape index (κ2) is 3.52. The summed E-state index contributed by atoms with van der Waals surface area (Å²) in [5, 5.41) is 0. The first-order valence-electron chi connectivity index (χ1n) is 4.46. The molecule has 3 heteroatoms. The highest BCUT2D eigenvalue weighted by Crippen LogP contribution is 2.47. The lowest BCUT2D eigenvalue weighted by Gasteiger charge is -2.37. The largest absolute Gasteiger partial charge is 0.374 e. The van der Waals surface area contributed by atoms with E-state index in [0.717, 1.165) is 17.4 Å². The van der Waals surface area contributed by atoms with E-state index in [4.69, 9.17) is 9.47 Å². The summed E-state index contributed by atoms with van der Waals surface area (Å²) < 4.78 is 10.6. The van der Waals surface area contributed by atoms with Gasteiger partial charge < -0.3 is 9.47 Å². The van der Waals surface area contributed by atoms with Gasteiger partial charge in [-0.15, -0.1) is 0 Å². The van der Waals surface area contributed by atoms with Gasteiger partial charge in [0.05, 0.1) is 0 Å². The van der Waals surface area contributed by atoms with Crippen molar-refractivity contribution in [1.82, 2.24) is 0 Å². The number of fused-ring (bicyclic) bond motifs is 1. The van der Waals surface area contributed by atoms with Crippen molar-refractivity contribution in [2.75, 3.05) is 14.2 Å². The third kappa shape index (κ3) is 1.17. The van der Waals surface area contributed by atoms with Crippen molar-refractivity contribution in [3.05, 3.63) is 34.9 Å². The maximum Gasteiger partial charge on any atom is 0.150 e. The van der Waals surface area contributed by atoms with Gasteiger partial charge >= 0.3 is 0 Å². The Morgan fingerprint density at radius 1 is 1.14 bits per heavy atom. The van der Waals surface area contributed by atoms with Crippen LogP contribution in [0.15, 0.2) is 18.2 Å². The van der Waals surface area contributed by atoms with E-state index in [0.29, 0.717) is 5.56 Å². The molecule has 0 saturated carbocycles. The molecule has 0 radical (unpaired) electrons. The smallest absolute Gasteiger partial charge is 0.150 e. The van der Waals surface area contributed by atoms with Gasteiger partial charge in [-0.2, -0.15) is 0 Å². The molecule has 0 N–H and O–H groups in total. The molecule has 1 aromatic carbocycles. The van der Waals surface area contributed by atoms with Crippen LogP contribution in [0, 0.1) is 0 Å². The summed E-state index contributed by atoms with van der Waals surface area (Å²) in [5.74, 6) is 0. The van der Waals surface area contributed by atoms with Crippen molar-refractivity contribution in [1.29, 1.82) is 0 Å². The quantitative estimate of drug-likeness (QED) is 0.686. The molecule has 2 rings (SSSR count). The predicted octanol–water partition coefficient (Wildman–Crippen LogP) is 1.89. The highest BCUT2D eigenvalue weighted by atomic mass is 16.5. The van der Waals surface area contributed by atoms with Gasteiger partial charge in [-0.1, -0.05) is 12.1 Å². The first-order valence-corrected chi connectivity index (χ1v) is 4.46. The standard InChI is InChI=1S/C11H12O3/c1-13-10-8-4-3-7(6-12)5-9(8)11(10)14-2/h3-6,10-11H,1-2H3. The fourth-order valence-electron chi connectivity index (χ4n) is 1.90. The van der Waals surface area contributed by atoms with Gasteiger partial charge in [-0.3, -0.25) is 4.79 Å². The third-order valence-corrected chi connectivity index (χ3v) is 2.64. The SMILES string of the molecule is COC1c2ccc(C=O)cc2C1OC. The van der Waals surface area contributed by atoms with Crippen LogP contribution in [0.5, 0.6) is 0 Å². The van der Waals surface area contributed by atoms with Crippen molar-refractivity contribution >= 4 is 6.29 Å². The predicted molar refractivity (Wildman–Crippen MR) is 51.3 cm³/mol. The fourth-order valence-corrected chi connectivity index (χ4v) is 1.90. The summed E-state index contributed by atoms with van der Waals surface area (Å²) in [6, 6.07) is 5.57. The zero-order valence-electron chi connectivity index (χ0n) is 8.19. The molecule has 0 aromatic heterocycles. The Labute approximate surface area is 82.6 Å². The maximum atomic E-state index is 10.6. The molecule has 3 nitrogen and oxygen atoms in total. The number of methoxy groups -OCH3 is 2. The molecule has 1 aromatic rings. The number of hydrogen-bond donors (Lipinski definition) is 0. The van der Waals surface area contributed by atoms with Gasteiger partial charge in [0.25, 0.3) is 0 Å². The minimum Gasteiger partial charge on any atom is -0.374 e. The van der Waals surface area contributed by atoms with Crippen molar-refractivity contribution in [2.24, 2.45) is 0 Å². The van der Waals surface area contributed by atoms with E-state index in [1.165, 1.54) is 0 Å². The molecule has 0 heterocycles. The van der Waals surface area contributed by atoms with Crippen LogP contribution in [0.25, 0.3) is 0 Å². The average Bonchev–Trinajstić information content (AvgIpc) is 2.21. The number of benzene rings is 1. The molecule has 14 heavy (non-hydrogen) atoms. The molecule has 2 unspecified atom stereocenters. The van der Waals surface area contributed by atoms with E-state index in [9.17, 15) is 4.79 Å². The van der Waals surface area contributed by atoms with E-state index in [-0.39, 0.29) is 12.2 Å². The molecule has 0 aliphatic heterocycles. The Bertz CT molecular complexity index is 360. The average molecular weight is 192 g/mol. The molecule has 0 fully saturated rings. The molecule has 1 aliphatic rings. The van der Waals surface area contributed by atoms with Crippen LogP contribution in [0.4, 0.5) is 0 Å². The maximum absolute atomic E-state index is 10.6. The Balaban J connectivity index is 2.38. The lowest BCUT2D eigenvalue weighted by Crippen LogP contribution is -2.27. The Hall–Kier alpha value is -1.19. The normalized spacial score (nSPS) is 23.9. The van der Waals surface area contributed by atoms with Gasteiger partial charge in [-0.05, 0) is 17.2 Å². The number of carbonyl (C=O) groups excluding carboxylic acids is 1. The number of aldehydes is 1. The van der Waals surface area contributed by atoms with Gasteiger partial charge in [-0.25, -0.2) is 0 Å². The van der Waals surface area contributed by atoms with Gasteiger partial charge in [0.15, 0.2) is 0 Å². The lowest BCUT2D eigenvalue weighted by molar-refractivity contribution is -0.0652. The second-order valence-corrected chi connectivity index (χ2v) is 3.32. The summed E-state index contributed by atoms with van der Waals surface area (Å²) in [5.41, 5.74) is 2.86. The van der Waals surface area contributed by atoms with E-state index < -0.39 is 0 Å². The lowest BCUT2D eigenvalue weighted by atomic mass is 9.81. The molecule has 0 saturated heterocycles. The van der Waals surface area contributed by atoms with E-state index in [1.54, 1.807) is 20.3 Å². The number of rotatable bonds is 3. The van der Waals surface area contributed by atoms with E-state index in [2.05, 4.69) is 0 Å². The minimum atomic E-state index is -0.0325. The van der Waals surface area contributed by atoms with Gasteiger partial charge in [0, 0.05) is 19.8 Å².